The van der Waals surface area contributed by atoms with Crippen LogP contribution in [0.4, 0.5) is 11.4 Å². The first-order chi connectivity index (χ1) is 17.0. The number of amides is 1. The van der Waals surface area contributed by atoms with Gasteiger partial charge in [-0.05, 0) is 41.5 Å². The number of nitrogens with zero attached hydrogens (tertiary/aromatic N) is 2. The molecule has 3 N–H and O–H groups in total. The van der Waals surface area contributed by atoms with Crippen LogP contribution in [0.2, 0.25) is 5.02 Å². The van der Waals surface area contributed by atoms with Crippen molar-refractivity contribution >= 4 is 51.3 Å². The molecule has 0 saturated heterocycles. The molecule has 1 aliphatic rings. The quantitative estimate of drug-likeness (QED) is 0.411. The number of hydrogen-bond acceptors (Lipinski definition) is 6. The Hall–Kier alpha value is -3.71. The lowest BCUT2D eigenvalue weighted by Gasteiger charge is -2.16. The normalized spacial score (nSPS) is 13.4. The van der Waals surface area contributed by atoms with Crippen molar-refractivity contribution in [3.05, 3.63) is 70.4 Å². The molecule has 1 aliphatic heterocycles. The number of allylic oxidation sites excluding steroid dienone is 1. The second-order valence-corrected chi connectivity index (χ2v) is 10.3. The number of benzene rings is 2. The van der Waals surface area contributed by atoms with E-state index in [0.29, 0.717) is 52.4 Å². The molecular formula is C28H29ClN4O3. The molecule has 3 aromatic rings. The number of aliphatic imine (C=N–C) groups is 1. The van der Waals surface area contributed by atoms with Gasteiger partial charge >= 0.3 is 0 Å². The van der Waals surface area contributed by atoms with Crippen LogP contribution in [0.25, 0.3) is 10.9 Å². The molecule has 0 radical (unpaired) electrons. The van der Waals surface area contributed by atoms with E-state index in [4.69, 9.17) is 22.1 Å². The van der Waals surface area contributed by atoms with Gasteiger partial charge in [0.25, 0.3) is 5.91 Å². The van der Waals surface area contributed by atoms with Crippen molar-refractivity contribution in [1.82, 2.24) is 4.98 Å². The standard InChI is InChI=1S/C28H29ClN4O3/c1-28(2,3)26-12-17(15-32-26)10-18(34)9-16-5-6-23(21(29)11-16)33-22-7-8-31-24-14-25(36-4)20(27(30)35)13-19(22)24/h5-8,11-14H,9-10,15H2,1-4H3,(H2,30,35)(H,31,33). The molecule has 186 valence electrons. The largest absolute Gasteiger partial charge is 0.496 e. The van der Waals surface area contributed by atoms with Gasteiger partial charge in [0.05, 0.1) is 35.4 Å². The molecule has 0 fully saturated rings. The number of Topliss-reactive ketones (excluding diaryl/α,β-unsaturated/α-hetero) is 1. The SMILES string of the molecule is COc1cc2nccc(Nc3ccc(CC(=O)CC4=CC(C(C)(C)C)=NC4)cc3Cl)c2cc1C(N)=O. The second kappa shape index (κ2) is 10.1. The summed E-state index contributed by atoms with van der Waals surface area (Å²) in [6.07, 6.45) is 4.38. The van der Waals surface area contributed by atoms with Gasteiger partial charge in [0.1, 0.15) is 11.5 Å². The van der Waals surface area contributed by atoms with Crippen LogP contribution in [0.5, 0.6) is 5.75 Å². The minimum Gasteiger partial charge on any atom is -0.496 e. The molecule has 0 aliphatic carbocycles. The first kappa shape index (κ1) is 25.4. The molecular weight excluding hydrogens is 476 g/mol. The molecule has 0 saturated carbocycles. The first-order valence-electron chi connectivity index (χ1n) is 11.6. The van der Waals surface area contributed by atoms with Crippen molar-refractivity contribution in [1.29, 1.82) is 0 Å². The number of anilines is 2. The zero-order chi connectivity index (χ0) is 26.0. The van der Waals surface area contributed by atoms with Crippen molar-refractivity contribution in [3.8, 4) is 5.75 Å². The maximum absolute atomic E-state index is 12.7. The summed E-state index contributed by atoms with van der Waals surface area (Å²) in [7, 11) is 1.48. The number of fused-ring (bicyclic) bond motifs is 1. The molecule has 1 aromatic heterocycles. The maximum atomic E-state index is 12.7. The molecule has 1 amide bonds. The number of nitrogens with one attached hydrogen (secondary N) is 1. The summed E-state index contributed by atoms with van der Waals surface area (Å²) in [6.45, 7) is 6.94. The highest BCUT2D eigenvalue weighted by Crippen LogP contribution is 2.33. The van der Waals surface area contributed by atoms with Crippen LogP contribution < -0.4 is 15.8 Å². The Morgan fingerprint density at radius 1 is 1.11 bits per heavy atom. The van der Waals surface area contributed by atoms with E-state index >= 15 is 0 Å². The molecule has 7 nitrogen and oxygen atoms in total. The van der Waals surface area contributed by atoms with E-state index in [9.17, 15) is 9.59 Å². The number of carbonyl (C=O) groups excluding carboxylic acids is 2. The average Bonchev–Trinajstić information content (AvgIpc) is 3.29. The zero-order valence-corrected chi connectivity index (χ0v) is 21.6. The van der Waals surface area contributed by atoms with Gasteiger partial charge in [-0.25, -0.2) is 0 Å². The van der Waals surface area contributed by atoms with Crippen molar-refractivity contribution in [2.24, 2.45) is 16.1 Å². The third kappa shape index (κ3) is 5.57. The fourth-order valence-corrected chi connectivity index (χ4v) is 4.38. The number of halogens is 1. The maximum Gasteiger partial charge on any atom is 0.252 e. The van der Waals surface area contributed by atoms with Crippen LogP contribution >= 0.6 is 11.6 Å². The lowest BCUT2D eigenvalue weighted by molar-refractivity contribution is -0.117. The van der Waals surface area contributed by atoms with E-state index in [1.807, 2.05) is 12.1 Å². The summed E-state index contributed by atoms with van der Waals surface area (Å²) >= 11 is 6.57. The van der Waals surface area contributed by atoms with Crippen LogP contribution in [0.15, 0.2) is 59.2 Å². The predicted molar refractivity (Wildman–Crippen MR) is 145 cm³/mol. The molecule has 0 unspecified atom stereocenters. The fourth-order valence-electron chi connectivity index (χ4n) is 4.13. The third-order valence-electron chi connectivity index (χ3n) is 6.02. The third-order valence-corrected chi connectivity index (χ3v) is 6.33. The van der Waals surface area contributed by atoms with Crippen molar-refractivity contribution < 1.29 is 14.3 Å². The second-order valence-electron chi connectivity index (χ2n) is 9.88. The smallest absolute Gasteiger partial charge is 0.252 e. The number of hydrogen-bond donors (Lipinski definition) is 2. The summed E-state index contributed by atoms with van der Waals surface area (Å²) in [5, 5.41) is 4.48. The molecule has 2 aromatic carbocycles. The van der Waals surface area contributed by atoms with Crippen molar-refractivity contribution in [3.63, 3.8) is 0 Å². The van der Waals surface area contributed by atoms with Crippen LogP contribution in [0.3, 0.4) is 0 Å². The molecule has 2 heterocycles. The van der Waals surface area contributed by atoms with Gasteiger partial charge in [0.2, 0.25) is 0 Å². The first-order valence-corrected chi connectivity index (χ1v) is 12.0. The lowest BCUT2D eigenvalue weighted by atomic mass is 9.89. The predicted octanol–water partition coefficient (Wildman–Crippen LogP) is 5.67. The summed E-state index contributed by atoms with van der Waals surface area (Å²) in [5.41, 5.74) is 10.7. The Morgan fingerprint density at radius 2 is 1.89 bits per heavy atom. The Morgan fingerprint density at radius 3 is 2.53 bits per heavy atom. The molecule has 4 rings (SSSR count). The van der Waals surface area contributed by atoms with Crippen LogP contribution in [-0.2, 0) is 11.2 Å². The van der Waals surface area contributed by atoms with Gasteiger partial charge in [-0.1, -0.05) is 38.4 Å². The summed E-state index contributed by atoms with van der Waals surface area (Å²) in [6, 6.07) is 10.6. The van der Waals surface area contributed by atoms with E-state index in [0.717, 1.165) is 16.8 Å². The minimum atomic E-state index is -0.592. The van der Waals surface area contributed by atoms with Crippen LogP contribution in [0, 0.1) is 5.41 Å². The number of primary amides is 1. The van der Waals surface area contributed by atoms with E-state index in [-0.39, 0.29) is 16.8 Å². The summed E-state index contributed by atoms with van der Waals surface area (Å²) in [5.74, 6) is -0.108. The van der Waals surface area contributed by atoms with Crippen LogP contribution in [0.1, 0.15) is 43.1 Å². The van der Waals surface area contributed by atoms with Crippen molar-refractivity contribution in [2.75, 3.05) is 19.0 Å². The van der Waals surface area contributed by atoms with Crippen molar-refractivity contribution in [2.45, 2.75) is 33.6 Å². The highest BCUT2D eigenvalue weighted by molar-refractivity contribution is 6.33. The van der Waals surface area contributed by atoms with Gasteiger partial charge in [-0.15, -0.1) is 0 Å². The number of pyridine rings is 1. The zero-order valence-electron chi connectivity index (χ0n) is 20.8. The number of ether oxygens (including phenoxy) is 1. The van der Waals surface area contributed by atoms with Gasteiger partial charge in [0.15, 0.2) is 0 Å². The number of carbonyl (C=O) groups is 2. The van der Waals surface area contributed by atoms with E-state index in [1.54, 1.807) is 30.5 Å². The Labute approximate surface area is 215 Å². The Kier molecular flexibility index (Phi) is 7.13. The molecule has 36 heavy (non-hydrogen) atoms. The average molecular weight is 505 g/mol. The molecule has 0 bridgehead atoms. The highest BCUT2D eigenvalue weighted by atomic mass is 35.5. The minimum absolute atomic E-state index is 0.0191. The monoisotopic (exact) mass is 504 g/mol. The number of rotatable bonds is 8. The number of aromatic nitrogens is 1. The lowest BCUT2D eigenvalue weighted by Crippen LogP contribution is -2.16. The summed E-state index contributed by atoms with van der Waals surface area (Å²) in [4.78, 5) is 33.5. The van der Waals surface area contributed by atoms with Gasteiger partial charge in [-0.2, -0.15) is 0 Å². The summed E-state index contributed by atoms with van der Waals surface area (Å²) < 4.78 is 5.28. The topological polar surface area (TPSA) is 107 Å². The Bertz CT molecular complexity index is 1420. The van der Waals surface area contributed by atoms with Gasteiger partial charge in [0, 0.05) is 47.3 Å². The van der Waals surface area contributed by atoms with Crippen LogP contribution in [-0.4, -0.2) is 36.0 Å². The highest BCUT2D eigenvalue weighted by Gasteiger charge is 2.22. The van der Waals surface area contributed by atoms with Gasteiger partial charge < -0.3 is 15.8 Å². The molecule has 0 spiro atoms. The van der Waals surface area contributed by atoms with E-state index in [2.05, 4.69) is 42.1 Å². The number of nitrogens with two attached hydrogens (primary N) is 1. The number of ketones is 1. The van der Waals surface area contributed by atoms with E-state index in [1.165, 1.54) is 7.11 Å². The van der Waals surface area contributed by atoms with E-state index < -0.39 is 5.91 Å². The molecule has 8 heteroatoms. The fraction of sp³-hybridized carbons (Fsp3) is 0.286. The number of methoxy groups -OCH3 is 1. The molecule has 0 atom stereocenters. The van der Waals surface area contributed by atoms with Gasteiger partial charge in [-0.3, -0.25) is 19.6 Å². The Balaban J connectivity index is 1.50.